The number of hydrogen-bond donors (Lipinski definition) is 1. The lowest BCUT2D eigenvalue weighted by Gasteiger charge is -2.17. The normalized spacial score (nSPS) is 21.4. The van der Waals surface area contributed by atoms with Crippen molar-refractivity contribution in [2.75, 3.05) is 13.7 Å². The molecule has 0 saturated heterocycles. The van der Waals surface area contributed by atoms with Crippen molar-refractivity contribution in [3.05, 3.63) is 29.3 Å². The van der Waals surface area contributed by atoms with Crippen LogP contribution in [0.25, 0.3) is 0 Å². The Balaban J connectivity index is 1.86. The molecule has 1 aromatic carbocycles. The lowest BCUT2D eigenvalue weighted by Crippen LogP contribution is -2.25. The number of fused-ring (bicyclic) bond motifs is 1. The zero-order chi connectivity index (χ0) is 13.7. The topological polar surface area (TPSA) is 44.5 Å². The number of rotatable bonds is 7. The van der Waals surface area contributed by atoms with Gasteiger partial charge in [0.25, 0.3) is 0 Å². The van der Waals surface area contributed by atoms with Crippen LogP contribution in [0.4, 0.5) is 0 Å². The van der Waals surface area contributed by atoms with Crippen LogP contribution < -0.4 is 10.5 Å². The van der Waals surface area contributed by atoms with Crippen molar-refractivity contribution in [2.24, 2.45) is 5.73 Å². The van der Waals surface area contributed by atoms with Gasteiger partial charge < -0.3 is 15.2 Å². The smallest absolute Gasteiger partial charge is 0.119 e. The summed E-state index contributed by atoms with van der Waals surface area (Å²) in [5.41, 5.74) is 8.75. The summed E-state index contributed by atoms with van der Waals surface area (Å²) in [6.45, 7) is 3.04. The van der Waals surface area contributed by atoms with Crippen molar-refractivity contribution >= 4 is 0 Å². The molecule has 0 radical (unpaired) electrons. The van der Waals surface area contributed by atoms with E-state index in [1.807, 2.05) is 12.1 Å². The van der Waals surface area contributed by atoms with Crippen molar-refractivity contribution in [2.45, 2.75) is 51.2 Å². The molecule has 0 bridgehead atoms. The molecule has 2 N–H and O–H groups in total. The summed E-state index contributed by atoms with van der Waals surface area (Å²) in [5, 5.41) is 0. The van der Waals surface area contributed by atoms with E-state index in [1.54, 1.807) is 7.11 Å². The molecule has 2 rings (SSSR count). The minimum atomic E-state index is -0.0173. The van der Waals surface area contributed by atoms with E-state index < -0.39 is 0 Å². The van der Waals surface area contributed by atoms with E-state index in [0.29, 0.717) is 0 Å². The summed E-state index contributed by atoms with van der Waals surface area (Å²) in [6, 6.07) is 6.13. The van der Waals surface area contributed by atoms with Crippen molar-refractivity contribution in [3.8, 4) is 5.75 Å². The first-order valence-corrected chi connectivity index (χ1v) is 7.30. The molecule has 19 heavy (non-hydrogen) atoms. The van der Waals surface area contributed by atoms with Gasteiger partial charge >= 0.3 is 0 Å². The second-order valence-corrected chi connectivity index (χ2v) is 5.26. The molecular formula is C16H25NO2. The van der Waals surface area contributed by atoms with E-state index in [-0.39, 0.29) is 12.1 Å². The number of hydrogen-bond acceptors (Lipinski definition) is 3. The zero-order valence-corrected chi connectivity index (χ0v) is 12.0. The average Bonchev–Trinajstić information content (AvgIpc) is 2.75. The van der Waals surface area contributed by atoms with E-state index >= 15 is 0 Å². The number of methoxy groups -OCH3 is 1. The lowest BCUT2D eigenvalue weighted by atomic mass is 10.1. The van der Waals surface area contributed by atoms with Crippen molar-refractivity contribution in [1.82, 2.24) is 0 Å². The molecule has 1 aliphatic carbocycles. The van der Waals surface area contributed by atoms with Gasteiger partial charge in [0.2, 0.25) is 0 Å². The third-order valence-corrected chi connectivity index (χ3v) is 3.86. The van der Waals surface area contributed by atoms with Gasteiger partial charge in [0.1, 0.15) is 5.75 Å². The average molecular weight is 263 g/mol. The fraction of sp³-hybridized carbons (Fsp3) is 0.625. The maximum absolute atomic E-state index is 6.27. The Morgan fingerprint density at radius 3 is 2.84 bits per heavy atom. The number of ether oxygens (including phenoxy) is 2. The SMILES string of the molecule is CCCCCCOC1Cc2ccc(OC)cc2C1N. The van der Waals surface area contributed by atoms with Crippen LogP contribution in [0, 0.1) is 0 Å². The quantitative estimate of drug-likeness (QED) is 0.768. The van der Waals surface area contributed by atoms with E-state index in [2.05, 4.69) is 13.0 Å². The Bertz CT molecular complexity index is 406. The van der Waals surface area contributed by atoms with Crippen LogP contribution in [0.1, 0.15) is 49.8 Å². The van der Waals surface area contributed by atoms with E-state index in [4.69, 9.17) is 15.2 Å². The van der Waals surface area contributed by atoms with Crippen LogP contribution in [0.2, 0.25) is 0 Å². The van der Waals surface area contributed by atoms with Crippen molar-refractivity contribution in [1.29, 1.82) is 0 Å². The van der Waals surface area contributed by atoms with Crippen LogP contribution in [0.3, 0.4) is 0 Å². The Hall–Kier alpha value is -1.06. The molecule has 0 saturated carbocycles. The minimum absolute atomic E-state index is 0.0173. The molecule has 3 heteroatoms. The van der Waals surface area contributed by atoms with Gasteiger partial charge in [-0.1, -0.05) is 32.3 Å². The van der Waals surface area contributed by atoms with Gasteiger partial charge in [0.15, 0.2) is 0 Å². The molecule has 0 aromatic heterocycles. The minimum Gasteiger partial charge on any atom is -0.497 e. The van der Waals surface area contributed by atoms with Gasteiger partial charge in [-0.3, -0.25) is 0 Å². The van der Waals surface area contributed by atoms with E-state index in [9.17, 15) is 0 Å². The highest BCUT2D eigenvalue weighted by molar-refractivity contribution is 5.42. The van der Waals surface area contributed by atoms with E-state index in [1.165, 1.54) is 30.4 Å². The summed E-state index contributed by atoms with van der Waals surface area (Å²) < 4.78 is 11.2. The molecule has 0 amide bonds. The molecule has 1 aromatic rings. The molecule has 1 aliphatic rings. The van der Waals surface area contributed by atoms with Gasteiger partial charge in [0, 0.05) is 13.0 Å². The number of benzene rings is 1. The monoisotopic (exact) mass is 263 g/mol. The Kier molecular flexibility index (Phi) is 5.23. The predicted molar refractivity (Wildman–Crippen MR) is 77.5 cm³/mol. The second kappa shape index (κ2) is 6.92. The van der Waals surface area contributed by atoms with Crippen LogP contribution in [0.5, 0.6) is 5.75 Å². The Labute approximate surface area is 116 Å². The predicted octanol–water partition coefficient (Wildman–Crippen LogP) is 3.22. The summed E-state index contributed by atoms with van der Waals surface area (Å²) in [4.78, 5) is 0. The highest BCUT2D eigenvalue weighted by Crippen LogP contribution is 2.34. The molecule has 0 heterocycles. The molecule has 3 nitrogen and oxygen atoms in total. The molecule has 2 unspecified atom stereocenters. The number of nitrogens with two attached hydrogens (primary N) is 1. The maximum Gasteiger partial charge on any atom is 0.119 e. The van der Waals surface area contributed by atoms with Crippen LogP contribution in [-0.2, 0) is 11.2 Å². The van der Waals surface area contributed by atoms with Crippen LogP contribution >= 0.6 is 0 Å². The second-order valence-electron chi connectivity index (χ2n) is 5.26. The zero-order valence-electron chi connectivity index (χ0n) is 12.0. The lowest BCUT2D eigenvalue weighted by molar-refractivity contribution is 0.0412. The molecule has 0 fully saturated rings. The first-order valence-electron chi connectivity index (χ1n) is 7.30. The van der Waals surface area contributed by atoms with Crippen LogP contribution in [0.15, 0.2) is 18.2 Å². The van der Waals surface area contributed by atoms with Gasteiger partial charge in [-0.2, -0.15) is 0 Å². The first kappa shape index (κ1) is 14.4. The molecule has 106 valence electrons. The molecule has 0 spiro atoms. The summed E-state index contributed by atoms with van der Waals surface area (Å²) in [5.74, 6) is 0.873. The fourth-order valence-corrected chi connectivity index (χ4v) is 2.67. The number of unbranched alkanes of at least 4 members (excludes halogenated alkanes) is 3. The summed E-state index contributed by atoms with van der Waals surface area (Å²) in [6.07, 6.45) is 5.99. The summed E-state index contributed by atoms with van der Waals surface area (Å²) >= 11 is 0. The highest BCUT2D eigenvalue weighted by Gasteiger charge is 2.30. The molecular weight excluding hydrogens is 238 g/mol. The van der Waals surface area contributed by atoms with E-state index in [0.717, 1.165) is 25.2 Å². The largest absolute Gasteiger partial charge is 0.497 e. The van der Waals surface area contributed by atoms with Gasteiger partial charge in [-0.05, 0) is 29.7 Å². The maximum atomic E-state index is 6.27. The standard InChI is InChI=1S/C16H25NO2/c1-3-4-5-6-9-19-15-10-12-7-8-13(18-2)11-14(12)16(15)17/h7-8,11,15-16H,3-6,9-10,17H2,1-2H3. The molecule has 0 aliphatic heterocycles. The third-order valence-electron chi connectivity index (χ3n) is 3.86. The van der Waals surface area contributed by atoms with Crippen LogP contribution in [-0.4, -0.2) is 19.8 Å². The van der Waals surface area contributed by atoms with Gasteiger partial charge in [0.05, 0.1) is 19.3 Å². The van der Waals surface area contributed by atoms with Crippen molar-refractivity contribution < 1.29 is 9.47 Å². The van der Waals surface area contributed by atoms with Gasteiger partial charge in [-0.15, -0.1) is 0 Å². The third kappa shape index (κ3) is 3.48. The molecule has 2 atom stereocenters. The first-order chi connectivity index (χ1) is 9.26. The Morgan fingerprint density at radius 2 is 2.11 bits per heavy atom. The van der Waals surface area contributed by atoms with Crippen molar-refractivity contribution in [3.63, 3.8) is 0 Å². The highest BCUT2D eigenvalue weighted by atomic mass is 16.5. The summed E-state index contributed by atoms with van der Waals surface area (Å²) in [7, 11) is 1.68. The Morgan fingerprint density at radius 1 is 1.26 bits per heavy atom. The fourth-order valence-electron chi connectivity index (χ4n) is 2.67. The van der Waals surface area contributed by atoms with Gasteiger partial charge in [-0.25, -0.2) is 0 Å².